The number of carbonyl (C=O) groups is 1. The monoisotopic (exact) mass is 567 g/mol. The van der Waals surface area contributed by atoms with Gasteiger partial charge in [-0.3, -0.25) is 4.79 Å². The van der Waals surface area contributed by atoms with E-state index in [-0.39, 0.29) is 29.8 Å². The summed E-state index contributed by atoms with van der Waals surface area (Å²) in [5.41, 5.74) is 0.283. The molecule has 2 aromatic heterocycles. The fourth-order valence-electron chi connectivity index (χ4n) is 4.78. The number of aromatic nitrogens is 2. The number of nitrogens with zero attached hydrogens (tertiary/aromatic N) is 4. The molecule has 10 nitrogen and oxygen atoms in total. The van der Waals surface area contributed by atoms with Crippen LogP contribution in [0.2, 0.25) is 19.1 Å². The van der Waals surface area contributed by atoms with Crippen LogP contribution in [0.5, 0.6) is 23.5 Å². The van der Waals surface area contributed by atoms with E-state index in [2.05, 4.69) is 71.3 Å². The molecule has 0 aliphatic carbocycles. The van der Waals surface area contributed by atoms with Gasteiger partial charge in [-0.1, -0.05) is 43.4 Å². The van der Waals surface area contributed by atoms with Crippen molar-refractivity contribution in [2.24, 2.45) is 5.92 Å². The Morgan fingerprint density at radius 2 is 1.88 bits per heavy atom. The number of furan rings is 1. The van der Waals surface area contributed by atoms with Crippen molar-refractivity contribution in [2.75, 3.05) is 58.2 Å². The van der Waals surface area contributed by atoms with Gasteiger partial charge < -0.3 is 33.7 Å². The molecule has 1 amide bonds. The molecule has 1 aliphatic rings. The van der Waals surface area contributed by atoms with Crippen molar-refractivity contribution >= 4 is 30.8 Å². The first-order valence-corrected chi connectivity index (χ1v) is 16.9. The Hall–Kier alpha value is -3.57. The predicted octanol–water partition coefficient (Wildman–Crippen LogP) is 4.38. The molecule has 1 N–H and O–H groups in total. The van der Waals surface area contributed by atoms with Crippen LogP contribution in [0.4, 0.5) is 11.6 Å². The SMILES string of the molecule is CC[Si](C)(C)c1cccc(Oc2ccc(CC(=O)Nc3c(OC)nc(N4CCC(CN(C)C)C4)nc3OC)o2)c1. The first kappa shape index (κ1) is 29.4. The third-order valence-electron chi connectivity index (χ3n) is 7.36. The van der Waals surface area contributed by atoms with Crippen LogP contribution in [-0.2, 0) is 11.2 Å². The van der Waals surface area contributed by atoms with Crippen LogP contribution >= 0.6 is 0 Å². The summed E-state index contributed by atoms with van der Waals surface area (Å²) in [6, 6.07) is 12.8. The number of hydrogen-bond donors (Lipinski definition) is 1. The number of anilines is 2. The Kier molecular flexibility index (Phi) is 9.36. The molecule has 11 heteroatoms. The maximum atomic E-state index is 13.0. The first-order valence-electron chi connectivity index (χ1n) is 13.7. The molecule has 1 unspecified atom stereocenters. The van der Waals surface area contributed by atoms with Crippen LogP contribution in [0.25, 0.3) is 0 Å². The molecule has 0 spiro atoms. The lowest BCUT2D eigenvalue weighted by molar-refractivity contribution is -0.115. The van der Waals surface area contributed by atoms with E-state index < -0.39 is 8.07 Å². The van der Waals surface area contributed by atoms with E-state index in [1.165, 1.54) is 19.4 Å². The quantitative estimate of drug-likeness (QED) is 0.319. The molecule has 3 heterocycles. The standard InChI is InChI=1S/C29H41N5O5Si/c1-8-40(6,7)23-11-9-10-21(16-23)38-25-13-12-22(39-25)17-24(35)30-26-27(36-4)31-29(32-28(26)37-5)34-15-14-20(19-34)18-33(2)3/h9-13,16,20H,8,14-15,17-19H2,1-7H3,(H,30,35). The summed E-state index contributed by atoms with van der Waals surface area (Å²) >= 11 is 0. The molecular weight excluding hydrogens is 526 g/mol. The van der Waals surface area contributed by atoms with Gasteiger partial charge in [0.25, 0.3) is 5.95 Å². The molecular formula is C29H41N5O5Si. The third-order valence-corrected chi connectivity index (χ3v) is 11.0. The second kappa shape index (κ2) is 12.7. The van der Waals surface area contributed by atoms with E-state index in [4.69, 9.17) is 18.6 Å². The maximum Gasteiger partial charge on any atom is 0.290 e. The Balaban J connectivity index is 1.42. The van der Waals surface area contributed by atoms with Gasteiger partial charge >= 0.3 is 0 Å². The summed E-state index contributed by atoms with van der Waals surface area (Å²) < 4.78 is 22.8. The van der Waals surface area contributed by atoms with Crippen molar-refractivity contribution in [3.8, 4) is 23.5 Å². The molecule has 1 saturated heterocycles. The fraction of sp³-hybridized carbons (Fsp3) is 0.483. The molecule has 1 fully saturated rings. The molecule has 0 saturated carbocycles. The van der Waals surface area contributed by atoms with Crippen LogP contribution < -0.4 is 29.6 Å². The Bertz CT molecular complexity index is 1290. The van der Waals surface area contributed by atoms with Crippen molar-refractivity contribution in [1.82, 2.24) is 14.9 Å². The summed E-state index contributed by atoms with van der Waals surface area (Å²) in [6.45, 7) is 9.61. The van der Waals surface area contributed by atoms with Crippen molar-refractivity contribution in [3.05, 3.63) is 42.2 Å². The minimum absolute atomic E-state index is 0.00835. The van der Waals surface area contributed by atoms with Crippen molar-refractivity contribution in [3.63, 3.8) is 0 Å². The average molecular weight is 568 g/mol. The molecule has 216 valence electrons. The average Bonchev–Trinajstić information content (AvgIpc) is 3.57. The van der Waals surface area contributed by atoms with Gasteiger partial charge in [-0.2, -0.15) is 9.97 Å². The van der Waals surface area contributed by atoms with Gasteiger partial charge in [0.1, 0.15) is 11.5 Å². The highest BCUT2D eigenvalue weighted by Crippen LogP contribution is 2.35. The van der Waals surface area contributed by atoms with Crippen LogP contribution in [0.3, 0.4) is 0 Å². The fourth-order valence-corrected chi connectivity index (χ4v) is 6.27. The molecule has 0 radical (unpaired) electrons. The molecule has 1 aliphatic heterocycles. The minimum Gasteiger partial charge on any atom is -0.479 e. The largest absolute Gasteiger partial charge is 0.479 e. The normalized spacial score (nSPS) is 15.4. The van der Waals surface area contributed by atoms with E-state index in [9.17, 15) is 4.79 Å². The first-order chi connectivity index (χ1) is 19.1. The summed E-state index contributed by atoms with van der Waals surface area (Å²) in [7, 11) is 5.68. The number of rotatable bonds is 12. The maximum absolute atomic E-state index is 13.0. The van der Waals surface area contributed by atoms with Crippen LogP contribution in [0.1, 0.15) is 19.1 Å². The highest BCUT2D eigenvalue weighted by atomic mass is 28.3. The van der Waals surface area contributed by atoms with Gasteiger partial charge in [0.2, 0.25) is 23.6 Å². The zero-order chi connectivity index (χ0) is 28.9. The number of nitrogens with one attached hydrogen (secondary N) is 1. The van der Waals surface area contributed by atoms with E-state index in [0.29, 0.717) is 23.6 Å². The van der Waals surface area contributed by atoms with E-state index in [1.807, 2.05) is 12.1 Å². The minimum atomic E-state index is -1.49. The smallest absolute Gasteiger partial charge is 0.290 e. The summed E-state index contributed by atoms with van der Waals surface area (Å²) in [5, 5.41) is 4.16. The Labute approximate surface area is 237 Å². The number of methoxy groups -OCH3 is 2. The molecule has 3 aromatic rings. The predicted molar refractivity (Wildman–Crippen MR) is 159 cm³/mol. The highest BCUT2D eigenvalue weighted by Gasteiger charge is 2.28. The second-order valence-electron chi connectivity index (χ2n) is 11.1. The molecule has 4 rings (SSSR count). The van der Waals surface area contributed by atoms with Gasteiger partial charge in [0.15, 0.2) is 5.69 Å². The van der Waals surface area contributed by atoms with Crippen molar-refractivity contribution in [1.29, 1.82) is 0 Å². The lowest BCUT2D eigenvalue weighted by atomic mass is 10.1. The third kappa shape index (κ3) is 7.13. The number of carbonyl (C=O) groups excluding carboxylic acids is 1. The number of benzene rings is 1. The van der Waals surface area contributed by atoms with Crippen molar-refractivity contribution < 1.29 is 23.4 Å². The summed E-state index contributed by atoms with van der Waals surface area (Å²) in [4.78, 5) is 26.4. The zero-order valence-corrected chi connectivity index (χ0v) is 25.6. The second-order valence-corrected chi connectivity index (χ2v) is 16.1. The molecule has 40 heavy (non-hydrogen) atoms. The van der Waals surface area contributed by atoms with Gasteiger partial charge in [-0.15, -0.1) is 0 Å². The number of hydrogen-bond acceptors (Lipinski definition) is 9. The lowest BCUT2D eigenvalue weighted by Gasteiger charge is -2.21. The van der Waals surface area contributed by atoms with Crippen LogP contribution in [0.15, 0.2) is 40.8 Å². The molecule has 1 atom stereocenters. The van der Waals surface area contributed by atoms with Gasteiger partial charge in [0, 0.05) is 25.7 Å². The van der Waals surface area contributed by atoms with Gasteiger partial charge in [-0.05, 0) is 44.6 Å². The van der Waals surface area contributed by atoms with Crippen molar-refractivity contribution in [2.45, 2.75) is 38.9 Å². The lowest BCUT2D eigenvalue weighted by Crippen LogP contribution is -2.40. The van der Waals surface area contributed by atoms with E-state index >= 15 is 0 Å². The topological polar surface area (TPSA) is 102 Å². The zero-order valence-electron chi connectivity index (χ0n) is 24.6. The van der Waals surface area contributed by atoms with Crippen LogP contribution in [-0.4, -0.2) is 76.8 Å². The van der Waals surface area contributed by atoms with Gasteiger partial charge in [-0.25, -0.2) is 0 Å². The Morgan fingerprint density at radius 1 is 1.15 bits per heavy atom. The summed E-state index contributed by atoms with van der Waals surface area (Å²) in [5.74, 6) is 2.74. The molecule has 1 aromatic carbocycles. The number of ether oxygens (including phenoxy) is 3. The van der Waals surface area contributed by atoms with E-state index in [0.717, 1.165) is 37.8 Å². The Morgan fingerprint density at radius 3 is 2.52 bits per heavy atom. The molecule has 0 bridgehead atoms. The highest BCUT2D eigenvalue weighted by molar-refractivity contribution is 6.89. The van der Waals surface area contributed by atoms with Crippen LogP contribution in [0, 0.1) is 5.92 Å². The van der Waals surface area contributed by atoms with E-state index in [1.54, 1.807) is 12.1 Å². The van der Waals surface area contributed by atoms with Gasteiger partial charge in [0.05, 0.1) is 28.7 Å². The summed E-state index contributed by atoms with van der Waals surface area (Å²) in [6.07, 6.45) is 1.05. The number of amides is 1.